The lowest BCUT2D eigenvalue weighted by Crippen LogP contribution is -2.03. The van der Waals surface area contributed by atoms with Crippen LogP contribution in [0, 0.1) is 4.78 Å². The van der Waals surface area contributed by atoms with Crippen molar-refractivity contribution in [1.29, 1.82) is 4.78 Å². The molecule has 1 heterocycles. The Balaban J connectivity index is 2.50. The molecule has 0 bridgehead atoms. The fraction of sp³-hybridized carbons (Fsp3) is 0.0714. The molecule has 1 aromatic heterocycles. The molecule has 0 aliphatic rings. The van der Waals surface area contributed by atoms with E-state index in [1.165, 1.54) is 12.3 Å². The summed E-state index contributed by atoms with van der Waals surface area (Å²) in [5, 5.41) is 0.845. The maximum absolute atomic E-state index is 12.4. The van der Waals surface area contributed by atoms with Gasteiger partial charge in [0.05, 0.1) is 20.5 Å². The summed E-state index contributed by atoms with van der Waals surface area (Å²) in [7, 11) is -2.84. The van der Waals surface area contributed by atoms with Crippen molar-refractivity contribution >= 4 is 31.7 Å². The van der Waals surface area contributed by atoms with E-state index in [2.05, 4.69) is 0 Å². The van der Waals surface area contributed by atoms with Crippen molar-refractivity contribution < 1.29 is 8.63 Å². The number of benzene rings is 2. The largest absolute Gasteiger partial charge is 0.456 e. The third-order valence-electron chi connectivity index (χ3n) is 3.00. The molecular formula is C14H11NO3S. The molecule has 3 aromatic rings. The highest BCUT2D eigenvalue weighted by Gasteiger charge is 2.10. The molecule has 4 nitrogen and oxygen atoms in total. The van der Waals surface area contributed by atoms with Crippen LogP contribution in [0.15, 0.2) is 56.6 Å². The van der Waals surface area contributed by atoms with Crippen LogP contribution in [0.4, 0.5) is 0 Å². The van der Waals surface area contributed by atoms with E-state index in [-0.39, 0.29) is 5.43 Å². The molecule has 0 spiro atoms. The summed E-state index contributed by atoms with van der Waals surface area (Å²) in [6.45, 7) is 0. The highest BCUT2D eigenvalue weighted by atomic mass is 32.2. The summed E-state index contributed by atoms with van der Waals surface area (Å²) in [6, 6.07) is 11.6. The van der Waals surface area contributed by atoms with Gasteiger partial charge in [0.15, 0.2) is 0 Å². The summed E-state index contributed by atoms with van der Waals surface area (Å²) in [5.74, 6) is 0. The Bertz CT molecular complexity index is 955. The number of nitrogens with one attached hydrogen (secondary N) is 1. The van der Waals surface area contributed by atoms with Crippen molar-refractivity contribution in [2.24, 2.45) is 0 Å². The smallest absolute Gasteiger partial charge is 0.200 e. The second-order valence-electron chi connectivity index (χ2n) is 4.43. The van der Waals surface area contributed by atoms with E-state index >= 15 is 0 Å². The number of fused-ring (bicyclic) bond motifs is 2. The van der Waals surface area contributed by atoms with Crippen molar-refractivity contribution in [2.75, 3.05) is 6.26 Å². The highest BCUT2D eigenvalue weighted by molar-refractivity contribution is 7.91. The zero-order valence-electron chi connectivity index (χ0n) is 10.2. The molecule has 0 aliphatic carbocycles. The molecule has 5 heteroatoms. The standard InChI is InChI=1S/C14H11NO3S/c1-19(15,17)9-6-7-13-11(8-9)14(16)10-4-2-3-5-12(10)18-13/h2-8,15H,1H3/t19-/m0/s1. The SMILES string of the molecule is C[S@](=N)(=O)c1ccc2oc3ccccc3c(=O)c2c1. The number of hydrogen-bond acceptors (Lipinski definition) is 4. The van der Waals surface area contributed by atoms with Gasteiger partial charge in [0.25, 0.3) is 0 Å². The van der Waals surface area contributed by atoms with E-state index < -0.39 is 9.73 Å². The van der Waals surface area contributed by atoms with Crippen LogP contribution in [0.5, 0.6) is 0 Å². The average Bonchev–Trinajstić information content (AvgIpc) is 2.37. The Morgan fingerprint density at radius 1 is 1.05 bits per heavy atom. The third-order valence-corrected chi connectivity index (χ3v) is 4.15. The van der Waals surface area contributed by atoms with Gasteiger partial charge >= 0.3 is 0 Å². The van der Waals surface area contributed by atoms with Crippen LogP contribution in [0.25, 0.3) is 21.9 Å². The normalized spacial score (nSPS) is 14.6. The molecule has 0 fully saturated rings. The van der Waals surface area contributed by atoms with Gasteiger partial charge < -0.3 is 4.42 Å². The van der Waals surface area contributed by atoms with Gasteiger partial charge in [-0.3, -0.25) is 4.79 Å². The molecule has 19 heavy (non-hydrogen) atoms. The molecule has 0 saturated carbocycles. The van der Waals surface area contributed by atoms with Crippen molar-refractivity contribution in [2.45, 2.75) is 4.90 Å². The molecule has 3 rings (SSSR count). The van der Waals surface area contributed by atoms with E-state index in [9.17, 15) is 9.00 Å². The van der Waals surface area contributed by atoms with Crippen LogP contribution in [-0.2, 0) is 9.73 Å². The second kappa shape index (κ2) is 3.93. The molecule has 0 radical (unpaired) electrons. The maximum Gasteiger partial charge on any atom is 0.200 e. The lowest BCUT2D eigenvalue weighted by Gasteiger charge is -2.04. The van der Waals surface area contributed by atoms with Gasteiger partial charge in [-0.25, -0.2) is 8.99 Å². The quantitative estimate of drug-likeness (QED) is 0.693. The first-order chi connectivity index (χ1) is 8.97. The summed E-state index contributed by atoms with van der Waals surface area (Å²) in [6.07, 6.45) is 1.33. The molecule has 1 N–H and O–H groups in total. The van der Waals surface area contributed by atoms with Gasteiger partial charge in [0, 0.05) is 11.2 Å². The van der Waals surface area contributed by atoms with E-state index in [1.54, 1.807) is 36.4 Å². The third kappa shape index (κ3) is 1.92. The second-order valence-corrected chi connectivity index (χ2v) is 6.59. The molecule has 0 aliphatic heterocycles. The van der Waals surface area contributed by atoms with Crippen LogP contribution in [0.1, 0.15) is 0 Å². The molecule has 2 aromatic carbocycles. The minimum absolute atomic E-state index is 0.164. The van der Waals surface area contributed by atoms with Crippen LogP contribution < -0.4 is 5.43 Å². The van der Waals surface area contributed by atoms with Crippen LogP contribution in [-0.4, -0.2) is 10.5 Å². The lowest BCUT2D eigenvalue weighted by molar-refractivity contribution is 0.659. The Hall–Kier alpha value is -2.14. The Kier molecular flexibility index (Phi) is 2.46. The fourth-order valence-electron chi connectivity index (χ4n) is 2.02. The van der Waals surface area contributed by atoms with E-state index in [4.69, 9.17) is 9.20 Å². The predicted octanol–water partition coefficient (Wildman–Crippen LogP) is 2.98. The van der Waals surface area contributed by atoms with Crippen LogP contribution in [0.2, 0.25) is 0 Å². The lowest BCUT2D eigenvalue weighted by atomic mass is 10.1. The minimum atomic E-state index is -2.84. The Morgan fingerprint density at radius 3 is 2.47 bits per heavy atom. The molecule has 96 valence electrons. The molecule has 1 atom stereocenters. The van der Waals surface area contributed by atoms with Gasteiger partial charge in [-0.1, -0.05) is 12.1 Å². The van der Waals surface area contributed by atoms with Crippen LogP contribution in [0.3, 0.4) is 0 Å². The number of para-hydroxylation sites is 1. The van der Waals surface area contributed by atoms with Gasteiger partial charge in [-0.2, -0.15) is 0 Å². The predicted molar refractivity (Wildman–Crippen MR) is 75.0 cm³/mol. The van der Waals surface area contributed by atoms with Crippen molar-refractivity contribution in [3.05, 3.63) is 52.7 Å². The van der Waals surface area contributed by atoms with Gasteiger partial charge in [0.2, 0.25) is 5.43 Å². The van der Waals surface area contributed by atoms with Gasteiger partial charge in [-0.15, -0.1) is 0 Å². The summed E-state index contributed by atoms with van der Waals surface area (Å²) >= 11 is 0. The molecule has 0 amide bonds. The summed E-state index contributed by atoms with van der Waals surface area (Å²) < 4.78 is 25.0. The number of hydrogen-bond donors (Lipinski definition) is 1. The number of rotatable bonds is 1. The monoisotopic (exact) mass is 273 g/mol. The van der Waals surface area contributed by atoms with E-state index in [0.29, 0.717) is 26.8 Å². The maximum atomic E-state index is 12.4. The zero-order valence-corrected chi connectivity index (χ0v) is 11.0. The fourth-order valence-corrected chi connectivity index (χ4v) is 2.70. The van der Waals surface area contributed by atoms with Crippen molar-refractivity contribution in [1.82, 2.24) is 0 Å². The minimum Gasteiger partial charge on any atom is -0.456 e. The summed E-state index contributed by atoms with van der Waals surface area (Å²) in [4.78, 5) is 12.7. The first-order valence-corrected chi connectivity index (χ1v) is 7.63. The highest BCUT2D eigenvalue weighted by Crippen LogP contribution is 2.21. The Labute approximate surface area is 109 Å². The van der Waals surface area contributed by atoms with Gasteiger partial charge in [-0.05, 0) is 30.3 Å². The van der Waals surface area contributed by atoms with Crippen LogP contribution >= 0.6 is 0 Å². The first-order valence-electron chi connectivity index (χ1n) is 5.66. The molecule has 0 saturated heterocycles. The van der Waals surface area contributed by atoms with E-state index in [0.717, 1.165) is 0 Å². The van der Waals surface area contributed by atoms with Gasteiger partial charge in [0.1, 0.15) is 11.2 Å². The Morgan fingerprint density at radius 2 is 1.74 bits per heavy atom. The topological polar surface area (TPSA) is 71.1 Å². The molecular weight excluding hydrogens is 262 g/mol. The summed E-state index contributed by atoms with van der Waals surface area (Å²) in [5.41, 5.74) is 0.800. The van der Waals surface area contributed by atoms with E-state index in [1.807, 2.05) is 0 Å². The molecule has 0 unspecified atom stereocenters. The average molecular weight is 273 g/mol. The van der Waals surface area contributed by atoms with Crippen molar-refractivity contribution in [3.63, 3.8) is 0 Å². The zero-order chi connectivity index (χ0) is 13.6. The first kappa shape index (κ1) is 11.9. The van der Waals surface area contributed by atoms with Crippen molar-refractivity contribution in [3.8, 4) is 0 Å².